The van der Waals surface area contributed by atoms with E-state index in [1.165, 1.54) is 0 Å². The second kappa shape index (κ2) is 5.36. The van der Waals surface area contributed by atoms with Crippen LogP contribution in [0.4, 0.5) is 0 Å². The summed E-state index contributed by atoms with van der Waals surface area (Å²) in [7, 11) is 0. The molecule has 0 spiro atoms. The molecule has 1 N–H and O–H groups in total. The molecule has 0 atom stereocenters. The number of ether oxygens (including phenoxy) is 1. The number of carboxylic acids is 1. The lowest BCUT2D eigenvalue weighted by molar-refractivity contribution is -0.136. The summed E-state index contributed by atoms with van der Waals surface area (Å²) in [5, 5.41) is 8.86. The summed E-state index contributed by atoms with van der Waals surface area (Å²) in [5.74, 6) is 0.473. The van der Waals surface area contributed by atoms with Crippen LogP contribution in [0.15, 0.2) is 48.5 Å². The van der Waals surface area contributed by atoms with Crippen LogP contribution in [0.5, 0.6) is 11.5 Å². The number of aliphatic carboxylic acids is 1. The molecule has 2 aromatic rings. The molecule has 3 heteroatoms. The van der Waals surface area contributed by atoms with Crippen molar-refractivity contribution in [3.05, 3.63) is 59.7 Å². The maximum absolute atomic E-state index is 10.8. The van der Waals surface area contributed by atoms with Crippen molar-refractivity contribution in [2.45, 2.75) is 13.3 Å². The van der Waals surface area contributed by atoms with Crippen LogP contribution in [0.1, 0.15) is 11.1 Å². The van der Waals surface area contributed by atoms with Crippen molar-refractivity contribution >= 4 is 5.97 Å². The molecule has 2 aromatic carbocycles. The zero-order chi connectivity index (χ0) is 13.0. The zero-order valence-electron chi connectivity index (χ0n) is 10.1. The Bertz CT molecular complexity index is 561. The van der Waals surface area contributed by atoms with E-state index in [9.17, 15) is 4.79 Å². The van der Waals surface area contributed by atoms with Crippen molar-refractivity contribution < 1.29 is 14.6 Å². The molecule has 0 aliphatic heterocycles. The number of hydrogen-bond donors (Lipinski definition) is 1. The number of carbonyl (C=O) groups is 1. The summed E-state index contributed by atoms with van der Waals surface area (Å²) in [6.07, 6.45) is -0.0396. The molecule has 0 radical (unpaired) electrons. The third-order valence-electron chi connectivity index (χ3n) is 2.63. The van der Waals surface area contributed by atoms with Gasteiger partial charge >= 0.3 is 5.97 Å². The first kappa shape index (κ1) is 12.2. The van der Waals surface area contributed by atoms with Gasteiger partial charge in [0.25, 0.3) is 0 Å². The molecule has 18 heavy (non-hydrogen) atoms. The number of rotatable bonds is 4. The largest absolute Gasteiger partial charge is 0.481 e. The van der Waals surface area contributed by atoms with E-state index in [0.29, 0.717) is 11.3 Å². The minimum Gasteiger partial charge on any atom is -0.481 e. The van der Waals surface area contributed by atoms with E-state index < -0.39 is 5.97 Å². The number of benzene rings is 2. The highest BCUT2D eigenvalue weighted by atomic mass is 16.5. The topological polar surface area (TPSA) is 46.5 Å². The van der Waals surface area contributed by atoms with Gasteiger partial charge in [-0.3, -0.25) is 4.79 Å². The van der Waals surface area contributed by atoms with E-state index in [1.807, 2.05) is 43.3 Å². The van der Waals surface area contributed by atoms with E-state index in [-0.39, 0.29) is 6.42 Å². The third kappa shape index (κ3) is 2.88. The molecule has 0 aromatic heterocycles. The summed E-state index contributed by atoms with van der Waals surface area (Å²) in [6, 6.07) is 14.8. The number of carboxylic acid groups (broad SMARTS) is 1. The molecule has 0 fully saturated rings. The molecular weight excluding hydrogens is 228 g/mol. The minimum atomic E-state index is -0.865. The Morgan fingerprint density at radius 1 is 1.06 bits per heavy atom. The van der Waals surface area contributed by atoms with E-state index >= 15 is 0 Å². The molecule has 2 rings (SSSR count). The summed E-state index contributed by atoms with van der Waals surface area (Å²) >= 11 is 0. The Morgan fingerprint density at radius 2 is 1.67 bits per heavy atom. The van der Waals surface area contributed by atoms with Crippen LogP contribution in [-0.2, 0) is 11.2 Å². The Kier molecular flexibility index (Phi) is 3.63. The van der Waals surface area contributed by atoms with Crippen LogP contribution in [-0.4, -0.2) is 11.1 Å². The minimum absolute atomic E-state index is 0.0396. The quantitative estimate of drug-likeness (QED) is 0.893. The number of para-hydroxylation sites is 2. The van der Waals surface area contributed by atoms with Gasteiger partial charge in [0.1, 0.15) is 11.5 Å². The van der Waals surface area contributed by atoms with Gasteiger partial charge in [0.2, 0.25) is 0 Å². The summed E-state index contributed by atoms with van der Waals surface area (Å²) < 4.78 is 5.78. The van der Waals surface area contributed by atoms with Gasteiger partial charge in [0.05, 0.1) is 6.42 Å². The normalized spacial score (nSPS) is 10.1. The monoisotopic (exact) mass is 242 g/mol. The van der Waals surface area contributed by atoms with Crippen LogP contribution in [0.3, 0.4) is 0 Å². The highest BCUT2D eigenvalue weighted by Gasteiger charge is 2.08. The van der Waals surface area contributed by atoms with Gasteiger partial charge in [-0.05, 0) is 24.6 Å². The Morgan fingerprint density at radius 3 is 2.33 bits per heavy atom. The standard InChI is InChI=1S/C15H14O3/c1-11-6-2-4-8-13(11)18-14-9-5-3-7-12(14)10-15(16)17/h2-9H,10H2,1H3,(H,16,17). The van der Waals surface area contributed by atoms with Gasteiger partial charge in [0, 0.05) is 5.56 Å². The molecule has 92 valence electrons. The molecule has 0 saturated carbocycles. The average molecular weight is 242 g/mol. The molecule has 0 unspecified atom stereocenters. The fourth-order valence-corrected chi connectivity index (χ4v) is 1.70. The fraction of sp³-hybridized carbons (Fsp3) is 0.133. The molecule has 0 aliphatic rings. The second-order valence-corrected chi connectivity index (χ2v) is 4.05. The highest BCUT2D eigenvalue weighted by Crippen LogP contribution is 2.27. The van der Waals surface area contributed by atoms with Crippen molar-refractivity contribution in [1.29, 1.82) is 0 Å². The van der Waals surface area contributed by atoms with Crippen molar-refractivity contribution in [2.24, 2.45) is 0 Å². The summed E-state index contributed by atoms with van der Waals surface area (Å²) in [6.45, 7) is 1.95. The predicted octanol–water partition coefficient (Wildman–Crippen LogP) is 3.41. The van der Waals surface area contributed by atoms with E-state index in [4.69, 9.17) is 9.84 Å². The van der Waals surface area contributed by atoms with Crippen molar-refractivity contribution in [3.63, 3.8) is 0 Å². The summed E-state index contributed by atoms with van der Waals surface area (Å²) in [4.78, 5) is 10.8. The molecular formula is C15H14O3. The van der Waals surface area contributed by atoms with Crippen LogP contribution in [0.2, 0.25) is 0 Å². The lowest BCUT2D eigenvalue weighted by Gasteiger charge is -2.11. The van der Waals surface area contributed by atoms with E-state index in [2.05, 4.69) is 0 Å². The molecule has 3 nitrogen and oxygen atoms in total. The molecule has 0 amide bonds. The highest BCUT2D eigenvalue weighted by molar-refractivity contribution is 5.71. The zero-order valence-corrected chi connectivity index (χ0v) is 10.1. The average Bonchev–Trinajstić information content (AvgIpc) is 2.34. The van der Waals surface area contributed by atoms with Gasteiger partial charge < -0.3 is 9.84 Å². The molecule has 0 saturated heterocycles. The Balaban J connectivity index is 2.29. The second-order valence-electron chi connectivity index (χ2n) is 4.05. The van der Waals surface area contributed by atoms with Gasteiger partial charge in [-0.1, -0.05) is 36.4 Å². The van der Waals surface area contributed by atoms with Gasteiger partial charge in [-0.15, -0.1) is 0 Å². The SMILES string of the molecule is Cc1ccccc1Oc1ccccc1CC(=O)O. The molecule has 0 bridgehead atoms. The van der Waals surface area contributed by atoms with Gasteiger partial charge in [-0.2, -0.15) is 0 Å². The van der Waals surface area contributed by atoms with E-state index in [0.717, 1.165) is 11.3 Å². The maximum atomic E-state index is 10.8. The lowest BCUT2D eigenvalue weighted by Crippen LogP contribution is -2.02. The first-order valence-corrected chi connectivity index (χ1v) is 5.70. The first-order chi connectivity index (χ1) is 8.66. The first-order valence-electron chi connectivity index (χ1n) is 5.70. The number of hydrogen-bond acceptors (Lipinski definition) is 2. The summed E-state index contributed by atoms with van der Waals surface area (Å²) in [5.41, 5.74) is 1.69. The fourth-order valence-electron chi connectivity index (χ4n) is 1.70. The molecule has 0 aliphatic carbocycles. The maximum Gasteiger partial charge on any atom is 0.307 e. The van der Waals surface area contributed by atoms with E-state index in [1.54, 1.807) is 12.1 Å². The number of aryl methyl sites for hydroxylation is 1. The van der Waals surface area contributed by atoms with Gasteiger partial charge in [-0.25, -0.2) is 0 Å². The van der Waals surface area contributed by atoms with Gasteiger partial charge in [0.15, 0.2) is 0 Å². The third-order valence-corrected chi connectivity index (χ3v) is 2.63. The van der Waals surface area contributed by atoms with Crippen LogP contribution in [0.25, 0.3) is 0 Å². The van der Waals surface area contributed by atoms with Crippen LogP contribution in [0, 0.1) is 6.92 Å². The predicted molar refractivity (Wildman–Crippen MR) is 69.0 cm³/mol. The smallest absolute Gasteiger partial charge is 0.307 e. The Labute approximate surface area is 106 Å². The van der Waals surface area contributed by atoms with Crippen molar-refractivity contribution in [1.82, 2.24) is 0 Å². The van der Waals surface area contributed by atoms with Crippen molar-refractivity contribution in [2.75, 3.05) is 0 Å². The van der Waals surface area contributed by atoms with Crippen LogP contribution >= 0.6 is 0 Å². The lowest BCUT2D eigenvalue weighted by atomic mass is 10.1. The molecule has 0 heterocycles. The van der Waals surface area contributed by atoms with Crippen LogP contribution < -0.4 is 4.74 Å². The van der Waals surface area contributed by atoms with Crippen molar-refractivity contribution in [3.8, 4) is 11.5 Å². The Hall–Kier alpha value is -2.29.